The molecule has 0 aromatic rings. The van der Waals surface area contributed by atoms with E-state index in [2.05, 4.69) is 10.9 Å². The van der Waals surface area contributed by atoms with E-state index in [1.165, 1.54) is 0 Å². The molecule has 0 amide bonds. The van der Waals surface area contributed by atoms with Gasteiger partial charge in [0.25, 0.3) is 0 Å². The zero-order valence-corrected chi connectivity index (χ0v) is 6.13. The number of hydrogen-bond acceptors (Lipinski definition) is 4. The van der Waals surface area contributed by atoms with Crippen molar-refractivity contribution in [2.45, 2.75) is 6.10 Å². The van der Waals surface area contributed by atoms with Crippen LogP contribution in [0.4, 0.5) is 0 Å². The molecular formula is C7H11N3O. The van der Waals surface area contributed by atoms with Gasteiger partial charge in [0.15, 0.2) is 0 Å². The second kappa shape index (κ2) is 2.56. The van der Waals surface area contributed by atoms with Crippen molar-refractivity contribution in [2.24, 2.45) is 5.73 Å². The van der Waals surface area contributed by atoms with Crippen LogP contribution in [-0.2, 0) is 4.74 Å². The SMILES string of the molecule is NC1=C2NNCC2OCC=C1. The van der Waals surface area contributed by atoms with Crippen molar-refractivity contribution >= 4 is 0 Å². The maximum Gasteiger partial charge on any atom is 0.115 e. The molecule has 2 rings (SSSR count). The third kappa shape index (κ3) is 1.10. The number of fused-ring (bicyclic) bond motifs is 1. The van der Waals surface area contributed by atoms with E-state index in [1.54, 1.807) is 0 Å². The fraction of sp³-hybridized carbons (Fsp3) is 0.429. The third-order valence-electron chi connectivity index (χ3n) is 1.83. The summed E-state index contributed by atoms with van der Waals surface area (Å²) in [5.74, 6) is 0. The molecule has 1 unspecified atom stereocenters. The molecule has 0 radical (unpaired) electrons. The van der Waals surface area contributed by atoms with Crippen molar-refractivity contribution in [1.29, 1.82) is 0 Å². The summed E-state index contributed by atoms with van der Waals surface area (Å²) in [6.45, 7) is 1.43. The van der Waals surface area contributed by atoms with E-state index in [4.69, 9.17) is 10.5 Å². The van der Waals surface area contributed by atoms with Gasteiger partial charge in [-0.1, -0.05) is 6.08 Å². The molecule has 60 valence electrons. The lowest BCUT2D eigenvalue weighted by atomic mass is 10.2. The Morgan fingerprint density at radius 3 is 3.45 bits per heavy atom. The predicted molar refractivity (Wildman–Crippen MR) is 41.2 cm³/mol. The van der Waals surface area contributed by atoms with Gasteiger partial charge in [-0.15, -0.1) is 0 Å². The number of nitrogens with two attached hydrogens (primary N) is 1. The Kier molecular flexibility index (Phi) is 1.56. The maximum atomic E-state index is 5.73. The quantitative estimate of drug-likeness (QED) is 0.427. The fourth-order valence-corrected chi connectivity index (χ4v) is 1.26. The average molecular weight is 153 g/mol. The van der Waals surface area contributed by atoms with Crippen molar-refractivity contribution in [3.05, 3.63) is 23.5 Å². The summed E-state index contributed by atoms with van der Waals surface area (Å²) >= 11 is 0. The zero-order valence-electron chi connectivity index (χ0n) is 6.13. The highest BCUT2D eigenvalue weighted by molar-refractivity contribution is 5.27. The first-order valence-corrected chi connectivity index (χ1v) is 3.64. The first kappa shape index (κ1) is 6.69. The van der Waals surface area contributed by atoms with Gasteiger partial charge in [-0.3, -0.25) is 0 Å². The minimum Gasteiger partial charge on any atom is -0.397 e. The van der Waals surface area contributed by atoms with Crippen LogP contribution in [0.1, 0.15) is 0 Å². The van der Waals surface area contributed by atoms with E-state index in [1.807, 2.05) is 12.2 Å². The smallest absolute Gasteiger partial charge is 0.115 e. The van der Waals surface area contributed by atoms with E-state index in [0.29, 0.717) is 6.61 Å². The largest absolute Gasteiger partial charge is 0.397 e. The van der Waals surface area contributed by atoms with E-state index >= 15 is 0 Å². The Morgan fingerprint density at radius 2 is 2.55 bits per heavy atom. The molecule has 2 aliphatic rings. The van der Waals surface area contributed by atoms with E-state index in [-0.39, 0.29) is 6.10 Å². The second-order valence-corrected chi connectivity index (χ2v) is 2.60. The predicted octanol–water partition coefficient (Wildman–Crippen LogP) is -0.781. The summed E-state index contributed by atoms with van der Waals surface area (Å²) in [7, 11) is 0. The molecule has 1 atom stereocenters. The highest BCUT2D eigenvalue weighted by Crippen LogP contribution is 2.13. The average Bonchev–Trinajstić information content (AvgIpc) is 2.40. The molecule has 1 fully saturated rings. The molecule has 0 bridgehead atoms. The van der Waals surface area contributed by atoms with Gasteiger partial charge in [0.2, 0.25) is 0 Å². The van der Waals surface area contributed by atoms with Gasteiger partial charge in [0.05, 0.1) is 18.0 Å². The molecule has 4 heteroatoms. The molecule has 4 N–H and O–H groups in total. The number of ether oxygens (including phenoxy) is 1. The fourth-order valence-electron chi connectivity index (χ4n) is 1.26. The number of allylic oxidation sites excluding steroid dienone is 1. The van der Waals surface area contributed by atoms with Crippen molar-refractivity contribution < 1.29 is 4.74 Å². The Balaban J connectivity index is 2.29. The van der Waals surface area contributed by atoms with Crippen molar-refractivity contribution in [1.82, 2.24) is 10.9 Å². The lowest BCUT2D eigenvalue weighted by molar-refractivity contribution is 0.114. The summed E-state index contributed by atoms with van der Waals surface area (Å²) in [6.07, 6.45) is 3.89. The standard InChI is InChI=1S/C7H11N3O/c8-5-2-1-3-11-6-4-9-10-7(5)6/h1-2,6,9-10H,3-4,8H2. The first-order valence-electron chi connectivity index (χ1n) is 3.64. The maximum absolute atomic E-state index is 5.73. The van der Waals surface area contributed by atoms with E-state index in [0.717, 1.165) is 17.9 Å². The van der Waals surface area contributed by atoms with Gasteiger partial charge >= 0.3 is 0 Å². The van der Waals surface area contributed by atoms with Crippen LogP contribution in [0.25, 0.3) is 0 Å². The molecule has 0 saturated carbocycles. The van der Waals surface area contributed by atoms with Crippen LogP contribution in [0.3, 0.4) is 0 Å². The van der Waals surface area contributed by atoms with E-state index < -0.39 is 0 Å². The minimum atomic E-state index is 0.102. The Bertz CT molecular complexity index is 222. The van der Waals surface area contributed by atoms with Gasteiger partial charge in [0, 0.05) is 6.54 Å². The summed E-state index contributed by atoms with van der Waals surface area (Å²) < 4.78 is 5.45. The molecule has 2 aliphatic heterocycles. The Morgan fingerprint density at radius 1 is 1.64 bits per heavy atom. The lowest BCUT2D eigenvalue weighted by Gasteiger charge is -2.08. The second-order valence-electron chi connectivity index (χ2n) is 2.60. The van der Waals surface area contributed by atoms with Crippen LogP contribution in [0.2, 0.25) is 0 Å². The van der Waals surface area contributed by atoms with Gasteiger partial charge < -0.3 is 15.9 Å². The number of nitrogens with one attached hydrogen (secondary N) is 2. The summed E-state index contributed by atoms with van der Waals surface area (Å²) in [5.41, 5.74) is 13.4. The number of hydrazine groups is 1. The minimum absolute atomic E-state index is 0.102. The van der Waals surface area contributed by atoms with Gasteiger partial charge in [-0.05, 0) is 6.08 Å². The highest BCUT2D eigenvalue weighted by atomic mass is 16.5. The zero-order chi connectivity index (χ0) is 7.68. The third-order valence-corrected chi connectivity index (χ3v) is 1.83. The molecule has 0 aromatic carbocycles. The van der Waals surface area contributed by atoms with E-state index in [9.17, 15) is 0 Å². The topological polar surface area (TPSA) is 59.3 Å². The number of rotatable bonds is 0. The monoisotopic (exact) mass is 153 g/mol. The van der Waals surface area contributed by atoms with Crippen molar-refractivity contribution in [2.75, 3.05) is 13.2 Å². The summed E-state index contributed by atoms with van der Waals surface area (Å²) in [4.78, 5) is 0. The highest BCUT2D eigenvalue weighted by Gasteiger charge is 2.23. The summed E-state index contributed by atoms with van der Waals surface area (Å²) in [6, 6.07) is 0. The van der Waals surface area contributed by atoms with Gasteiger partial charge in [0.1, 0.15) is 6.10 Å². The number of hydrogen-bond donors (Lipinski definition) is 3. The molecule has 2 heterocycles. The Labute approximate surface area is 65.1 Å². The molecule has 11 heavy (non-hydrogen) atoms. The Hall–Kier alpha value is -1.00. The van der Waals surface area contributed by atoms with Crippen LogP contribution in [0.15, 0.2) is 23.5 Å². The van der Waals surface area contributed by atoms with Crippen LogP contribution in [0.5, 0.6) is 0 Å². The van der Waals surface area contributed by atoms with Gasteiger partial charge in [-0.2, -0.15) is 0 Å². The molecule has 0 aromatic heterocycles. The van der Waals surface area contributed by atoms with Crippen LogP contribution < -0.4 is 16.6 Å². The molecule has 0 spiro atoms. The van der Waals surface area contributed by atoms with Crippen molar-refractivity contribution in [3.63, 3.8) is 0 Å². The lowest BCUT2D eigenvalue weighted by Crippen LogP contribution is -2.22. The molecule has 1 saturated heterocycles. The summed E-state index contributed by atoms with van der Waals surface area (Å²) in [5, 5.41) is 0. The molecule has 4 nitrogen and oxygen atoms in total. The normalized spacial score (nSPS) is 29.6. The van der Waals surface area contributed by atoms with Crippen LogP contribution in [-0.4, -0.2) is 19.3 Å². The molecule has 0 aliphatic carbocycles. The van der Waals surface area contributed by atoms with Gasteiger partial charge in [-0.25, -0.2) is 5.43 Å². The molecular weight excluding hydrogens is 142 g/mol. The van der Waals surface area contributed by atoms with Crippen molar-refractivity contribution in [3.8, 4) is 0 Å². The first-order chi connectivity index (χ1) is 5.38. The van der Waals surface area contributed by atoms with Crippen LogP contribution in [0, 0.1) is 0 Å². The van der Waals surface area contributed by atoms with Crippen LogP contribution >= 0.6 is 0 Å².